The number of fused-ring (bicyclic) bond motifs is 1. The van der Waals surface area contributed by atoms with Crippen molar-refractivity contribution in [2.24, 2.45) is 4.99 Å². The maximum Gasteiger partial charge on any atom is 0.269 e. The third-order valence-electron chi connectivity index (χ3n) is 4.61. The summed E-state index contributed by atoms with van der Waals surface area (Å²) in [6.45, 7) is 0. The fourth-order valence-corrected chi connectivity index (χ4v) is 6.36. The molecule has 4 nitrogen and oxygen atoms in total. The molecule has 0 aromatic heterocycles. The fraction of sp³-hybridized carbons (Fsp3) is 0.471. The highest BCUT2D eigenvalue weighted by molar-refractivity contribution is 8.03. The number of nitro groups is 1. The summed E-state index contributed by atoms with van der Waals surface area (Å²) in [6, 6.07) is 7.22. The van der Waals surface area contributed by atoms with Crippen LogP contribution in [-0.4, -0.2) is 27.4 Å². The average Bonchev–Trinajstić information content (AvgIpc) is 2.59. The van der Waals surface area contributed by atoms with E-state index < -0.39 is 0 Å². The minimum absolute atomic E-state index is 0.190. The Kier molecular flexibility index (Phi) is 4.20. The quantitative estimate of drug-likeness (QED) is 0.572. The Balaban J connectivity index is 1.81. The molecule has 0 spiro atoms. The molecule has 0 bridgehead atoms. The van der Waals surface area contributed by atoms with Crippen molar-refractivity contribution in [3.63, 3.8) is 0 Å². The maximum atomic E-state index is 11.2. The summed E-state index contributed by atoms with van der Waals surface area (Å²) < 4.78 is 0. The van der Waals surface area contributed by atoms with Gasteiger partial charge in [0.1, 0.15) is 0 Å². The molecule has 3 aliphatic heterocycles. The molecule has 0 amide bonds. The Morgan fingerprint density at radius 3 is 2.96 bits per heavy atom. The first-order chi connectivity index (χ1) is 11.2. The molecule has 0 aliphatic carbocycles. The van der Waals surface area contributed by atoms with E-state index in [0.29, 0.717) is 5.25 Å². The Morgan fingerprint density at radius 1 is 1.22 bits per heavy atom. The molecule has 23 heavy (non-hydrogen) atoms. The highest BCUT2D eigenvalue weighted by Crippen LogP contribution is 2.50. The van der Waals surface area contributed by atoms with Crippen molar-refractivity contribution in [1.29, 1.82) is 0 Å². The van der Waals surface area contributed by atoms with E-state index in [0.717, 1.165) is 29.9 Å². The van der Waals surface area contributed by atoms with Gasteiger partial charge in [-0.1, -0.05) is 12.1 Å². The number of thioether (sulfide) groups is 2. The lowest BCUT2D eigenvalue weighted by molar-refractivity contribution is -0.384. The summed E-state index contributed by atoms with van der Waals surface area (Å²) in [5.74, 6) is 2.53. The van der Waals surface area contributed by atoms with E-state index in [2.05, 4.69) is 6.07 Å². The largest absolute Gasteiger partial charge is 0.269 e. The van der Waals surface area contributed by atoms with Gasteiger partial charge in [-0.2, -0.15) is 11.8 Å². The van der Waals surface area contributed by atoms with Crippen LogP contribution in [-0.2, 0) is 0 Å². The normalized spacial score (nSPS) is 27.0. The second-order valence-electron chi connectivity index (χ2n) is 6.09. The zero-order valence-corrected chi connectivity index (χ0v) is 14.4. The minimum atomic E-state index is -0.293. The van der Waals surface area contributed by atoms with Crippen LogP contribution >= 0.6 is 23.5 Å². The SMILES string of the molecule is O=[N+]([O-])c1cccc(C2C3=C(CCCS3)N=C3CCCSC32)c1. The van der Waals surface area contributed by atoms with Gasteiger partial charge in [-0.25, -0.2) is 0 Å². The number of nitro benzene ring substituents is 1. The third kappa shape index (κ3) is 2.83. The van der Waals surface area contributed by atoms with Crippen molar-refractivity contribution >= 4 is 34.9 Å². The molecule has 1 aromatic carbocycles. The first kappa shape index (κ1) is 15.3. The topological polar surface area (TPSA) is 55.5 Å². The summed E-state index contributed by atoms with van der Waals surface area (Å²) >= 11 is 3.88. The second-order valence-corrected chi connectivity index (χ2v) is 8.48. The van der Waals surface area contributed by atoms with Crippen LogP contribution < -0.4 is 0 Å². The predicted molar refractivity (Wildman–Crippen MR) is 97.5 cm³/mol. The summed E-state index contributed by atoms with van der Waals surface area (Å²) in [5.41, 5.74) is 3.81. The van der Waals surface area contributed by atoms with E-state index in [-0.39, 0.29) is 16.5 Å². The highest BCUT2D eigenvalue weighted by Gasteiger charge is 2.39. The standard InChI is InChI=1S/C17H18N2O2S2/c20-19(21)12-5-1-4-11(10-12)15-16-13(6-2-8-22-16)18-14-7-3-9-23-17(14)15/h1,4-5,10,15-16H,2-3,6-9H2. The number of nitrogens with zero attached hydrogens (tertiary/aromatic N) is 2. The van der Waals surface area contributed by atoms with Crippen LogP contribution in [0.1, 0.15) is 37.2 Å². The van der Waals surface area contributed by atoms with Crippen LogP contribution in [0.4, 0.5) is 5.69 Å². The van der Waals surface area contributed by atoms with E-state index in [1.165, 1.54) is 29.2 Å². The number of rotatable bonds is 2. The lowest BCUT2D eigenvalue weighted by atomic mass is 9.87. The van der Waals surface area contributed by atoms with Gasteiger partial charge >= 0.3 is 0 Å². The van der Waals surface area contributed by atoms with Crippen LogP contribution in [0.15, 0.2) is 39.9 Å². The monoisotopic (exact) mass is 346 g/mol. The molecule has 3 heterocycles. The van der Waals surface area contributed by atoms with E-state index in [1.807, 2.05) is 29.6 Å². The first-order valence-electron chi connectivity index (χ1n) is 8.03. The molecular formula is C17H18N2O2S2. The Morgan fingerprint density at radius 2 is 2.09 bits per heavy atom. The molecular weight excluding hydrogens is 328 g/mol. The number of allylic oxidation sites excluding steroid dienone is 2. The predicted octanol–water partition coefficient (Wildman–Crippen LogP) is 4.77. The minimum Gasteiger partial charge on any atom is -0.260 e. The Hall–Kier alpha value is -1.27. The molecule has 3 aliphatic rings. The number of aliphatic imine (C=N–C) groups is 1. The van der Waals surface area contributed by atoms with Gasteiger partial charge in [0.15, 0.2) is 0 Å². The van der Waals surface area contributed by atoms with E-state index >= 15 is 0 Å². The van der Waals surface area contributed by atoms with Gasteiger partial charge in [0, 0.05) is 28.7 Å². The molecule has 0 radical (unpaired) electrons. The van der Waals surface area contributed by atoms with Crippen LogP contribution in [0.3, 0.4) is 0 Å². The number of hydrogen-bond donors (Lipinski definition) is 0. The smallest absolute Gasteiger partial charge is 0.260 e. The summed E-state index contributed by atoms with van der Waals surface area (Å²) in [6.07, 6.45) is 4.50. The molecule has 2 unspecified atom stereocenters. The summed E-state index contributed by atoms with van der Waals surface area (Å²) in [4.78, 5) is 17.2. The molecule has 6 heteroatoms. The molecule has 4 rings (SSSR count). The number of hydrogen-bond acceptors (Lipinski definition) is 5. The average molecular weight is 346 g/mol. The van der Waals surface area contributed by atoms with E-state index in [4.69, 9.17) is 4.99 Å². The lowest BCUT2D eigenvalue weighted by Gasteiger charge is -2.38. The zero-order valence-electron chi connectivity index (χ0n) is 12.7. The van der Waals surface area contributed by atoms with E-state index in [1.54, 1.807) is 12.1 Å². The molecule has 120 valence electrons. The van der Waals surface area contributed by atoms with Crippen molar-refractivity contribution in [3.05, 3.63) is 50.5 Å². The van der Waals surface area contributed by atoms with E-state index in [9.17, 15) is 10.1 Å². The van der Waals surface area contributed by atoms with Gasteiger partial charge in [-0.3, -0.25) is 15.1 Å². The number of non-ortho nitro benzene ring substituents is 1. The van der Waals surface area contributed by atoms with Crippen LogP contribution in [0.25, 0.3) is 0 Å². The van der Waals surface area contributed by atoms with Gasteiger partial charge in [-0.05, 0) is 42.8 Å². The Labute approximate surface area is 144 Å². The molecule has 0 N–H and O–H groups in total. The van der Waals surface area contributed by atoms with Crippen molar-refractivity contribution in [3.8, 4) is 0 Å². The van der Waals surface area contributed by atoms with Crippen molar-refractivity contribution in [2.45, 2.75) is 36.9 Å². The van der Waals surface area contributed by atoms with Crippen molar-refractivity contribution in [1.82, 2.24) is 0 Å². The maximum absolute atomic E-state index is 11.2. The molecule has 0 saturated carbocycles. The third-order valence-corrected chi connectivity index (χ3v) is 7.33. The summed E-state index contributed by atoms with van der Waals surface area (Å²) in [5, 5.41) is 11.5. The van der Waals surface area contributed by atoms with Crippen LogP contribution in [0, 0.1) is 10.1 Å². The van der Waals surface area contributed by atoms with Gasteiger partial charge < -0.3 is 0 Å². The molecule has 2 atom stereocenters. The number of benzene rings is 1. The van der Waals surface area contributed by atoms with Crippen LogP contribution in [0.5, 0.6) is 0 Å². The van der Waals surface area contributed by atoms with Gasteiger partial charge in [0.25, 0.3) is 5.69 Å². The second kappa shape index (κ2) is 6.32. The van der Waals surface area contributed by atoms with Gasteiger partial charge in [0.05, 0.1) is 15.9 Å². The van der Waals surface area contributed by atoms with Crippen molar-refractivity contribution < 1.29 is 4.92 Å². The van der Waals surface area contributed by atoms with Crippen molar-refractivity contribution in [2.75, 3.05) is 11.5 Å². The van der Waals surface area contributed by atoms with Gasteiger partial charge in [-0.15, -0.1) is 11.8 Å². The molecule has 1 fully saturated rings. The first-order valence-corrected chi connectivity index (χ1v) is 10.1. The van der Waals surface area contributed by atoms with Gasteiger partial charge in [0.2, 0.25) is 0 Å². The Bertz CT molecular complexity index is 714. The fourth-order valence-electron chi connectivity index (χ4n) is 3.59. The highest BCUT2D eigenvalue weighted by atomic mass is 32.2. The van der Waals surface area contributed by atoms with Crippen LogP contribution in [0.2, 0.25) is 0 Å². The summed E-state index contributed by atoms with van der Waals surface area (Å²) in [7, 11) is 0. The molecule has 1 saturated heterocycles. The zero-order chi connectivity index (χ0) is 15.8. The lowest BCUT2D eigenvalue weighted by Crippen LogP contribution is -2.33. The molecule has 1 aromatic rings.